The summed E-state index contributed by atoms with van der Waals surface area (Å²) in [7, 11) is 5.84. The van der Waals surface area contributed by atoms with Crippen LogP contribution in [0.25, 0.3) is 0 Å². The number of benzene rings is 2. The zero-order valence-electron chi connectivity index (χ0n) is 21.5. The summed E-state index contributed by atoms with van der Waals surface area (Å²) in [5.41, 5.74) is 1.48. The first kappa shape index (κ1) is 27.0. The molecule has 0 radical (unpaired) electrons. The summed E-state index contributed by atoms with van der Waals surface area (Å²) in [5, 5.41) is 4.27. The van der Waals surface area contributed by atoms with Crippen LogP contribution in [0.5, 0.6) is 5.75 Å². The maximum absolute atomic E-state index is 13.1. The zero-order chi connectivity index (χ0) is 26.0. The quantitative estimate of drug-likeness (QED) is 0.357. The fourth-order valence-electron chi connectivity index (χ4n) is 6.58. The molecule has 2 fully saturated rings. The van der Waals surface area contributed by atoms with Crippen LogP contribution in [0.1, 0.15) is 36.8 Å². The lowest BCUT2D eigenvalue weighted by Crippen LogP contribution is -2.72. The topological polar surface area (TPSA) is 47.6 Å². The van der Waals surface area contributed by atoms with Crippen LogP contribution in [-0.2, 0) is 21.4 Å². The van der Waals surface area contributed by atoms with E-state index in [-0.39, 0.29) is 29.4 Å². The first-order valence-electron chi connectivity index (χ1n) is 12.6. The van der Waals surface area contributed by atoms with Crippen molar-refractivity contribution in [2.24, 2.45) is 0 Å². The Hall–Kier alpha value is -2.05. The van der Waals surface area contributed by atoms with E-state index in [1.165, 1.54) is 5.56 Å². The van der Waals surface area contributed by atoms with Crippen LogP contribution in [0.3, 0.4) is 0 Å². The predicted octanol–water partition coefficient (Wildman–Crippen LogP) is 5.57. The number of nitrogens with zero attached hydrogens (tertiary/aromatic N) is 1. The Bertz CT molecular complexity index is 1130. The lowest BCUT2D eigenvalue weighted by Gasteiger charge is -2.61. The molecule has 7 heteroatoms. The van der Waals surface area contributed by atoms with Gasteiger partial charge in [0.25, 0.3) is 0 Å². The van der Waals surface area contributed by atoms with E-state index in [1.807, 2.05) is 25.3 Å². The highest BCUT2D eigenvalue weighted by Gasteiger charge is 2.62. The second-order valence-electron chi connectivity index (χ2n) is 10.7. The number of halogens is 2. The van der Waals surface area contributed by atoms with Gasteiger partial charge in [-0.2, -0.15) is 0 Å². The van der Waals surface area contributed by atoms with Crippen molar-refractivity contribution in [3.05, 3.63) is 76.3 Å². The molecule has 0 aromatic heterocycles. The van der Waals surface area contributed by atoms with Gasteiger partial charge in [-0.25, -0.2) is 0 Å². The number of hydrogen-bond donors (Lipinski definition) is 1. The highest BCUT2D eigenvalue weighted by Crippen LogP contribution is 2.54. The Labute approximate surface area is 225 Å². The molecule has 1 N–H and O–H groups in total. The van der Waals surface area contributed by atoms with E-state index in [1.54, 1.807) is 19.2 Å². The summed E-state index contributed by atoms with van der Waals surface area (Å²) < 4.78 is 13.0. The highest BCUT2D eigenvalue weighted by molar-refractivity contribution is 6.42. The molecule has 1 saturated heterocycles. The fourth-order valence-corrected chi connectivity index (χ4v) is 6.91. The summed E-state index contributed by atoms with van der Waals surface area (Å²) in [5.74, 6) is 0.832. The number of quaternary nitrogens is 1. The van der Waals surface area contributed by atoms with Crippen molar-refractivity contribution < 1.29 is 18.8 Å². The monoisotopic (exact) mass is 531 g/mol. The number of likely N-dealkylation sites (N-methyl/N-ethyl adjacent to an activating group) is 1. The average Bonchev–Trinajstić information content (AvgIpc) is 2.86. The summed E-state index contributed by atoms with van der Waals surface area (Å²) in [6.45, 7) is 6.82. The Morgan fingerprint density at radius 2 is 2.00 bits per heavy atom. The molecule has 1 aliphatic heterocycles. The normalized spacial score (nSPS) is 29.8. The van der Waals surface area contributed by atoms with E-state index >= 15 is 0 Å². The fraction of sp³-hybridized carbons (Fsp3) is 0.483. The first-order valence-corrected chi connectivity index (χ1v) is 13.3. The second kappa shape index (κ2) is 10.7. The van der Waals surface area contributed by atoms with Crippen molar-refractivity contribution >= 4 is 29.1 Å². The smallest absolute Gasteiger partial charge is 0.224 e. The van der Waals surface area contributed by atoms with Crippen molar-refractivity contribution in [1.29, 1.82) is 0 Å². The first-order chi connectivity index (χ1) is 17.2. The third kappa shape index (κ3) is 5.17. The molecule has 1 unspecified atom stereocenters. The van der Waals surface area contributed by atoms with Crippen LogP contribution in [-0.4, -0.2) is 62.9 Å². The number of piperidine rings is 1. The SMILES string of the molecule is C=CC[N@@+]1(C)CC[C@@]2(c3cccc(OC)c3)C[C@@H](NC(=O)Cc3ccc(Cl)c(Cl)c3)CCC2(OC)C1. The molecule has 0 bridgehead atoms. The summed E-state index contributed by atoms with van der Waals surface area (Å²) in [4.78, 5) is 13.1. The van der Waals surface area contributed by atoms with Gasteiger partial charge in [0.05, 0.1) is 43.7 Å². The molecule has 1 amide bonds. The van der Waals surface area contributed by atoms with E-state index in [0.29, 0.717) is 10.0 Å². The molecule has 1 aliphatic carbocycles. The van der Waals surface area contributed by atoms with Gasteiger partial charge >= 0.3 is 0 Å². The predicted molar refractivity (Wildman–Crippen MR) is 146 cm³/mol. The summed E-state index contributed by atoms with van der Waals surface area (Å²) in [6.07, 6.45) is 5.77. The van der Waals surface area contributed by atoms with Gasteiger partial charge in [-0.15, -0.1) is 0 Å². The Balaban J connectivity index is 1.63. The number of amides is 1. The van der Waals surface area contributed by atoms with Gasteiger partial charge in [-0.05, 0) is 60.7 Å². The molecule has 1 heterocycles. The van der Waals surface area contributed by atoms with Crippen LogP contribution in [0.15, 0.2) is 55.1 Å². The minimum atomic E-state index is -0.347. The minimum Gasteiger partial charge on any atom is -0.497 e. The van der Waals surface area contributed by atoms with Crippen molar-refractivity contribution in [2.45, 2.75) is 49.2 Å². The Morgan fingerprint density at radius 1 is 1.19 bits per heavy atom. The zero-order valence-corrected chi connectivity index (χ0v) is 23.0. The molecule has 5 nitrogen and oxygen atoms in total. The van der Waals surface area contributed by atoms with E-state index in [2.05, 4.69) is 37.1 Å². The van der Waals surface area contributed by atoms with Crippen molar-refractivity contribution in [1.82, 2.24) is 5.32 Å². The molecular weight excluding hydrogens is 495 g/mol. The van der Waals surface area contributed by atoms with Crippen LogP contribution >= 0.6 is 23.2 Å². The van der Waals surface area contributed by atoms with Gasteiger partial charge in [0, 0.05) is 25.0 Å². The Morgan fingerprint density at radius 3 is 2.69 bits per heavy atom. The van der Waals surface area contributed by atoms with Gasteiger partial charge in [-0.3, -0.25) is 4.79 Å². The lowest BCUT2D eigenvalue weighted by atomic mass is 9.54. The summed E-state index contributed by atoms with van der Waals surface area (Å²) in [6, 6.07) is 13.8. The maximum atomic E-state index is 13.1. The van der Waals surface area contributed by atoms with Crippen LogP contribution < -0.4 is 10.1 Å². The maximum Gasteiger partial charge on any atom is 0.224 e. The van der Waals surface area contributed by atoms with Crippen LogP contribution in [0.2, 0.25) is 10.0 Å². The van der Waals surface area contributed by atoms with Crippen LogP contribution in [0.4, 0.5) is 0 Å². The van der Waals surface area contributed by atoms with Crippen molar-refractivity contribution in [3.8, 4) is 5.75 Å². The molecule has 4 atom stereocenters. The standard InChI is InChI=1S/C29H36Cl2N2O3/c1-5-14-33(2)15-13-28(22-7-6-8-24(18-22)35-3)19-23(11-12-29(28,20-33)36-4)32-27(34)17-21-9-10-25(30)26(31)16-21/h5-10,16,18,23H,1,11-15,17,19-20H2,2-4H3/p+1/t23-,28-,29?,33-/m0/s1. The molecule has 194 valence electrons. The third-order valence-corrected chi connectivity index (χ3v) is 9.11. The molecule has 2 aromatic carbocycles. The molecule has 0 spiro atoms. The average molecular weight is 533 g/mol. The number of hydrogen-bond acceptors (Lipinski definition) is 3. The van der Waals surface area contributed by atoms with Gasteiger partial charge < -0.3 is 19.3 Å². The Kier molecular flexibility index (Phi) is 8.06. The number of nitrogens with one attached hydrogen (secondary N) is 1. The van der Waals surface area contributed by atoms with Crippen molar-refractivity contribution in [3.63, 3.8) is 0 Å². The van der Waals surface area contributed by atoms with Gasteiger partial charge in [-0.1, -0.05) is 48.0 Å². The number of fused-ring (bicyclic) bond motifs is 1. The van der Waals surface area contributed by atoms with Gasteiger partial charge in [0.15, 0.2) is 0 Å². The molecule has 36 heavy (non-hydrogen) atoms. The molecule has 4 rings (SSSR count). The van der Waals surface area contributed by atoms with Crippen LogP contribution in [0, 0.1) is 0 Å². The van der Waals surface area contributed by atoms with E-state index in [4.69, 9.17) is 32.7 Å². The van der Waals surface area contributed by atoms with Gasteiger partial charge in [0.1, 0.15) is 17.9 Å². The summed E-state index contributed by atoms with van der Waals surface area (Å²) >= 11 is 12.2. The minimum absolute atomic E-state index is 0.00724. The number of carbonyl (C=O) groups is 1. The third-order valence-electron chi connectivity index (χ3n) is 8.38. The highest BCUT2D eigenvalue weighted by atomic mass is 35.5. The molecule has 2 aliphatic rings. The number of rotatable bonds is 8. The van der Waals surface area contributed by atoms with E-state index < -0.39 is 0 Å². The number of carbonyl (C=O) groups excluding carboxylic acids is 1. The molecular formula is C29H37Cl2N2O3+. The van der Waals surface area contributed by atoms with E-state index in [9.17, 15) is 4.79 Å². The van der Waals surface area contributed by atoms with Crippen molar-refractivity contribution in [2.75, 3.05) is 40.9 Å². The second-order valence-corrected chi connectivity index (χ2v) is 11.5. The molecule has 1 saturated carbocycles. The molecule has 2 aromatic rings. The number of likely N-dealkylation sites (tertiary alicyclic amines) is 1. The number of ether oxygens (including phenoxy) is 2. The number of methoxy groups -OCH3 is 2. The lowest BCUT2D eigenvalue weighted by molar-refractivity contribution is -0.918. The largest absolute Gasteiger partial charge is 0.497 e. The van der Waals surface area contributed by atoms with E-state index in [0.717, 1.165) is 61.1 Å². The van der Waals surface area contributed by atoms with Gasteiger partial charge in [0.2, 0.25) is 5.91 Å².